The number of guanidine groups is 1. The number of benzene rings is 1. The Morgan fingerprint density at radius 2 is 1.96 bits per heavy atom. The molecule has 25 heavy (non-hydrogen) atoms. The summed E-state index contributed by atoms with van der Waals surface area (Å²) in [7, 11) is 1.68. The van der Waals surface area contributed by atoms with Gasteiger partial charge >= 0.3 is 6.61 Å². The summed E-state index contributed by atoms with van der Waals surface area (Å²) in [4.78, 5) is 4.14. The van der Waals surface area contributed by atoms with Crippen LogP contribution in [0, 0.1) is 0 Å². The van der Waals surface area contributed by atoms with Gasteiger partial charge in [-0.1, -0.05) is 6.07 Å². The average Bonchev–Trinajstić information content (AvgIpc) is 2.59. The van der Waals surface area contributed by atoms with Gasteiger partial charge in [-0.25, -0.2) is 0 Å². The van der Waals surface area contributed by atoms with Crippen LogP contribution in [0.3, 0.4) is 0 Å². The van der Waals surface area contributed by atoms with Crippen molar-refractivity contribution >= 4 is 5.96 Å². The third-order valence-corrected chi connectivity index (χ3v) is 3.17. The molecule has 8 heteroatoms. The van der Waals surface area contributed by atoms with Gasteiger partial charge < -0.3 is 24.8 Å². The second-order valence-corrected chi connectivity index (χ2v) is 5.00. The fourth-order valence-corrected chi connectivity index (χ4v) is 2.06. The molecule has 0 fully saturated rings. The maximum atomic E-state index is 12.4. The van der Waals surface area contributed by atoms with Crippen molar-refractivity contribution in [2.24, 2.45) is 4.99 Å². The van der Waals surface area contributed by atoms with Gasteiger partial charge in [0.25, 0.3) is 0 Å². The fourth-order valence-electron chi connectivity index (χ4n) is 2.06. The molecule has 0 saturated heterocycles. The normalized spacial score (nSPS) is 11.5. The van der Waals surface area contributed by atoms with Crippen LogP contribution >= 0.6 is 0 Å². The number of aliphatic imine (C=N–C) groups is 1. The lowest BCUT2D eigenvalue weighted by atomic mass is 10.2. The SMILES string of the molecule is CCOCCCNC(=NC)NCc1ccc(OC(F)F)c(OCC)c1. The summed E-state index contributed by atoms with van der Waals surface area (Å²) >= 11 is 0. The molecule has 0 heterocycles. The van der Waals surface area contributed by atoms with E-state index in [0.717, 1.165) is 18.5 Å². The third kappa shape index (κ3) is 8.53. The largest absolute Gasteiger partial charge is 0.490 e. The molecular weight excluding hydrogens is 332 g/mol. The number of hydrogen-bond acceptors (Lipinski definition) is 4. The van der Waals surface area contributed by atoms with E-state index in [4.69, 9.17) is 9.47 Å². The molecule has 1 aromatic rings. The monoisotopic (exact) mass is 359 g/mol. The first-order valence-corrected chi connectivity index (χ1v) is 8.33. The van der Waals surface area contributed by atoms with Gasteiger partial charge in [-0.2, -0.15) is 8.78 Å². The Morgan fingerprint density at radius 3 is 2.60 bits per heavy atom. The van der Waals surface area contributed by atoms with Crippen LogP contribution in [0.15, 0.2) is 23.2 Å². The second-order valence-electron chi connectivity index (χ2n) is 5.00. The number of alkyl halides is 2. The van der Waals surface area contributed by atoms with E-state index in [1.54, 1.807) is 26.1 Å². The van der Waals surface area contributed by atoms with Crippen LogP contribution in [0.25, 0.3) is 0 Å². The molecule has 0 aromatic heterocycles. The molecule has 0 radical (unpaired) electrons. The van der Waals surface area contributed by atoms with E-state index in [9.17, 15) is 8.78 Å². The summed E-state index contributed by atoms with van der Waals surface area (Å²) in [5.74, 6) is 0.975. The summed E-state index contributed by atoms with van der Waals surface area (Å²) in [6.07, 6.45) is 0.878. The van der Waals surface area contributed by atoms with Gasteiger partial charge in [0, 0.05) is 33.4 Å². The molecule has 0 unspecified atom stereocenters. The van der Waals surface area contributed by atoms with Crippen LogP contribution < -0.4 is 20.1 Å². The molecule has 0 amide bonds. The molecule has 0 aliphatic heterocycles. The van der Waals surface area contributed by atoms with E-state index < -0.39 is 6.61 Å². The van der Waals surface area contributed by atoms with Crippen molar-refractivity contribution in [2.75, 3.05) is 33.4 Å². The van der Waals surface area contributed by atoms with Crippen molar-refractivity contribution in [1.29, 1.82) is 0 Å². The van der Waals surface area contributed by atoms with Gasteiger partial charge in [0.15, 0.2) is 17.5 Å². The molecule has 142 valence electrons. The molecule has 0 bridgehead atoms. The van der Waals surface area contributed by atoms with E-state index >= 15 is 0 Å². The zero-order valence-corrected chi connectivity index (χ0v) is 15.0. The molecule has 0 atom stereocenters. The van der Waals surface area contributed by atoms with Crippen molar-refractivity contribution in [3.8, 4) is 11.5 Å². The van der Waals surface area contributed by atoms with Crippen LogP contribution in [0.2, 0.25) is 0 Å². The van der Waals surface area contributed by atoms with Gasteiger partial charge in [0.1, 0.15) is 0 Å². The van der Waals surface area contributed by atoms with Crippen LogP contribution in [-0.2, 0) is 11.3 Å². The summed E-state index contributed by atoms with van der Waals surface area (Å²) in [5, 5.41) is 6.34. The van der Waals surface area contributed by atoms with Crippen LogP contribution in [-0.4, -0.2) is 46.0 Å². The Kier molecular flexibility index (Phi) is 10.3. The number of nitrogens with zero attached hydrogens (tertiary/aromatic N) is 1. The molecule has 0 aliphatic rings. The van der Waals surface area contributed by atoms with Crippen molar-refractivity contribution < 1.29 is 23.0 Å². The second kappa shape index (κ2) is 12.3. The van der Waals surface area contributed by atoms with Crippen LogP contribution in [0.4, 0.5) is 8.78 Å². The Labute approximate surface area is 147 Å². The Hall–Kier alpha value is -2.09. The van der Waals surface area contributed by atoms with Crippen LogP contribution in [0.1, 0.15) is 25.8 Å². The minimum absolute atomic E-state index is 0.0269. The zero-order valence-electron chi connectivity index (χ0n) is 15.0. The van der Waals surface area contributed by atoms with Crippen molar-refractivity contribution in [3.05, 3.63) is 23.8 Å². The topological polar surface area (TPSA) is 64.1 Å². The van der Waals surface area contributed by atoms with Gasteiger partial charge in [-0.05, 0) is 38.0 Å². The van der Waals surface area contributed by atoms with Gasteiger partial charge in [0.05, 0.1) is 6.61 Å². The standard InChI is InChI=1S/C17H27F2N3O3/c1-4-23-10-6-9-21-17(20-3)22-12-13-7-8-14(25-16(18)19)15(11-13)24-5-2/h7-8,11,16H,4-6,9-10,12H2,1-3H3,(H2,20,21,22). The Morgan fingerprint density at radius 1 is 1.16 bits per heavy atom. The van der Waals surface area contributed by atoms with Gasteiger partial charge in [-0.15, -0.1) is 0 Å². The number of halogens is 2. The minimum Gasteiger partial charge on any atom is -0.490 e. The van der Waals surface area contributed by atoms with E-state index in [1.807, 2.05) is 6.92 Å². The number of rotatable bonds is 11. The maximum absolute atomic E-state index is 12.4. The summed E-state index contributed by atoms with van der Waals surface area (Å²) in [6.45, 7) is 3.84. The number of nitrogens with one attached hydrogen (secondary N) is 2. The highest BCUT2D eigenvalue weighted by molar-refractivity contribution is 5.79. The smallest absolute Gasteiger partial charge is 0.387 e. The van der Waals surface area contributed by atoms with E-state index in [0.29, 0.717) is 38.1 Å². The predicted octanol–water partition coefficient (Wildman–Crippen LogP) is 2.78. The van der Waals surface area contributed by atoms with Gasteiger partial charge in [-0.3, -0.25) is 4.99 Å². The quantitative estimate of drug-likeness (QED) is 0.361. The summed E-state index contributed by atoms with van der Waals surface area (Å²) in [5.41, 5.74) is 0.863. The van der Waals surface area contributed by atoms with E-state index in [1.165, 1.54) is 6.07 Å². The van der Waals surface area contributed by atoms with Crippen molar-refractivity contribution in [1.82, 2.24) is 10.6 Å². The third-order valence-electron chi connectivity index (χ3n) is 3.17. The molecule has 1 aromatic carbocycles. The minimum atomic E-state index is -2.89. The first kappa shape index (κ1) is 21.0. The molecular formula is C17H27F2N3O3. The number of hydrogen-bond donors (Lipinski definition) is 2. The van der Waals surface area contributed by atoms with Crippen molar-refractivity contribution in [2.45, 2.75) is 33.4 Å². The highest BCUT2D eigenvalue weighted by Gasteiger charge is 2.11. The summed E-state index contributed by atoms with van der Waals surface area (Å²) < 4.78 is 39.9. The maximum Gasteiger partial charge on any atom is 0.387 e. The molecule has 0 saturated carbocycles. The lowest BCUT2D eigenvalue weighted by Gasteiger charge is -2.15. The van der Waals surface area contributed by atoms with E-state index in [-0.39, 0.29) is 5.75 Å². The highest BCUT2D eigenvalue weighted by atomic mass is 19.3. The molecule has 1 rings (SSSR count). The highest BCUT2D eigenvalue weighted by Crippen LogP contribution is 2.29. The first-order valence-electron chi connectivity index (χ1n) is 8.33. The lowest BCUT2D eigenvalue weighted by Crippen LogP contribution is -2.37. The Bertz CT molecular complexity index is 528. The van der Waals surface area contributed by atoms with E-state index in [2.05, 4.69) is 20.4 Å². The fraction of sp³-hybridized carbons (Fsp3) is 0.588. The summed E-state index contributed by atoms with van der Waals surface area (Å²) in [6, 6.07) is 4.86. The molecule has 0 aliphatic carbocycles. The average molecular weight is 359 g/mol. The zero-order chi connectivity index (χ0) is 18.5. The predicted molar refractivity (Wildman–Crippen MR) is 93.6 cm³/mol. The van der Waals surface area contributed by atoms with Gasteiger partial charge in [0.2, 0.25) is 0 Å². The molecule has 0 spiro atoms. The first-order chi connectivity index (χ1) is 12.1. The van der Waals surface area contributed by atoms with Crippen LogP contribution in [0.5, 0.6) is 11.5 Å². The van der Waals surface area contributed by atoms with Crippen molar-refractivity contribution in [3.63, 3.8) is 0 Å². The molecule has 6 nitrogen and oxygen atoms in total. The Balaban J connectivity index is 2.55. The molecule has 2 N–H and O–H groups in total. The lowest BCUT2D eigenvalue weighted by molar-refractivity contribution is -0.0514. The number of ether oxygens (including phenoxy) is 3.